The van der Waals surface area contributed by atoms with Gasteiger partial charge in [-0.25, -0.2) is 0 Å². The molecule has 0 aliphatic carbocycles. The van der Waals surface area contributed by atoms with Crippen LogP contribution < -0.4 is 0 Å². The molecule has 0 aromatic carbocycles. The van der Waals surface area contributed by atoms with Gasteiger partial charge in [-0.1, -0.05) is 6.92 Å². The number of nitrogens with zero attached hydrogens (tertiary/aromatic N) is 1. The van der Waals surface area contributed by atoms with Crippen LogP contribution in [0.2, 0.25) is 0 Å². The molecule has 1 N–H and O–H groups in total. The Labute approximate surface area is 106 Å². The van der Waals surface area contributed by atoms with Gasteiger partial charge in [0.1, 0.15) is 0 Å². The maximum Gasteiger partial charge on any atom is 0.305 e. The molecule has 0 amide bonds. The van der Waals surface area contributed by atoms with Crippen LogP contribution in [0.25, 0.3) is 0 Å². The van der Waals surface area contributed by atoms with Crippen molar-refractivity contribution in [3.05, 3.63) is 21.9 Å². The molecule has 1 unspecified atom stereocenters. The minimum absolute atomic E-state index is 0.0836. The fourth-order valence-electron chi connectivity index (χ4n) is 2.39. The van der Waals surface area contributed by atoms with Crippen molar-refractivity contribution in [1.29, 1.82) is 0 Å². The minimum Gasteiger partial charge on any atom is -0.481 e. The zero-order chi connectivity index (χ0) is 12.3. The van der Waals surface area contributed by atoms with E-state index in [4.69, 9.17) is 5.11 Å². The standard InChI is InChI=1S/C13H19NO2S/c1-2-10-5-6-12(17-10)11(9-13(15)16)14-7-3-4-8-14/h5-6,11H,2-4,7-9H2,1H3,(H,15,16). The zero-order valence-corrected chi connectivity index (χ0v) is 11.0. The molecule has 1 aromatic rings. The van der Waals surface area contributed by atoms with E-state index in [1.807, 2.05) is 0 Å². The maximum atomic E-state index is 11.0. The quantitative estimate of drug-likeness (QED) is 0.877. The minimum atomic E-state index is -0.701. The van der Waals surface area contributed by atoms with Crippen molar-refractivity contribution in [2.75, 3.05) is 13.1 Å². The Morgan fingerprint density at radius 1 is 1.47 bits per heavy atom. The highest BCUT2D eigenvalue weighted by Gasteiger charge is 2.26. The Morgan fingerprint density at radius 3 is 2.71 bits per heavy atom. The predicted molar refractivity (Wildman–Crippen MR) is 69.5 cm³/mol. The van der Waals surface area contributed by atoms with Crippen LogP contribution >= 0.6 is 11.3 Å². The van der Waals surface area contributed by atoms with Crippen LogP contribution in [-0.2, 0) is 11.2 Å². The summed E-state index contributed by atoms with van der Waals surface area (Å²) in [6, 6.07) is 4.32. The Bertz CT molecular complexity index is 383. The number of carbonyl (C=O) groups is 1. The van der Waals surface area contributed by atoms with Gasteiger partial charge in [0.05, 0.1) is 12.5 Å². The molecule has 1 aliphatic rings. The van der Waals surface area contributed by atoms with E-state index in [2.05, 4.69) is 24.0 Å². The molecule has 1 fully saturated rings. The third-order valence-electron chi connectivity index (χ3n) is 3.31. The summed E-state index contributed by atoms with van der Waals surface area (Å²) in [4.78, 5) is 15.9. The van der Waals surface area contributed by atoms with Crippen molar-refractivity contribution < 1.29 is 9.90 Å². The molecular weight excluding hydrogens is 234 g/mol. The molecule has 0 spiro atoms. The summed E-state index contributed by atoms with van der Waals surface area (Å²) in [5.74, 6) is -0.701. The van der Waals surface area contributed by atoms with E-state index in [1.54, 1.807) is 11.3 Å². The molecule has 3 nitrogen and oxygen atoms in total. The summed E-state index contributed by atoms with van der Waals surface area (Å²) in [6.07, 6.45) is 3.65. The topological polar surface area (TPSA) is 40.5 Å². The number of hydrogen-bond acceptors (Lipinski definition) is 3. The first-order chi connectivity index (χ1) is 8.20. The van der Waals surface area contributed by atoms with Crippen molar-refractivity contribution in [1.82, 2.24) is 4.90 Å². The van der Waals surface area contributed by atoms with Crippen LogP contribution in [0.15, 0.2) is 12.1 Å². The molecule has 0 radical (unpaired) electrons. The van der Waals surface area contributed by atoms with Gasteiger partial charge in [-0.2, -0.15) is 0 Å². The second kappa shape index (κ2) is 5.65. The largest absolute Gasteiger partial charge is 0.481 e. The van der Waals surface area contributed by atoms with E-state index in [9.17, 15) is 4.79 Å². The molecule has 1 atom stereocenters. The fraction of sp³-hybridized carbons (Fsp3) is 0.615. The van der Waals surface area contributed by atoms with E-state index in [0.717, 1.165) is 19.5 Å². The highest BCUT2D eigenvalue weighted by molar-refractivity contribution is 7.12. The van der Waals surface area contributed by atoms with E-state index < -0.39 is 5.97 Å². The number of aryl methyl sites for hydroxylation is 1. The first kappa shape index (κ1) is 12.6. The maximum absolute atomic E-state index is 11.0. The van der Waals surface area contributed by atoms with Crippen molar-refractivity contribution in [3.63, 3.8) is 0 Å². The predicted octanol–water partition coefficient (Wildman–Crippen LogP) is 2.92. The highest BCUT2D eigenvalue weighted by Crippen LogP contribution is 2.32. The monoisotopic (exact) mass is 253 g/mol. The Balaban J connectivity index is 2.15. The van der Waals surface area contributed by atoms with Crippen molar-refractivity contribution in [3.8, 4) is 0 Å². The summed E-state index contributed by atoms with van der Waals surface area (Å²) >= 11 is 1.76. The zero-order valence-electron chi connectivity index (χ0n) is 10.2. The molecule has 1 saturated heterocycles. The lowest BCUT2D eigenvalue weighted by Gasteiger charge is -2.25. The van der Waals surface area contributed by atoms with Gasteiger partial charge in [0.2, 0.25) is 0 Å². The molecule has 0 bridgehead atoms. The van der Waals surface area contributed by atoms with E-state index >= 15 is 0 Å². The van der Waals surface area contributed by atoms with Crippen molar-refractivity contribution >= 4 is 17.3 Å². The average Bonchev–Trinajstić information content (AvgIpc) is 2.97. The second-order valence-corrected chi connectivity index (χ2v) is 5.71. The molecule has 1 aromatic heterocycles. The number of carboxylic acid groups (broad SMARTS) is 1. The number of likely N-dealkylation sites (tertiary alicyclic amines) is 1. The first-order valence-corrected chi connectivity index (χ1v) is 7.06. The van der Waals surface area contributed by atoms with E-state index in [-0.39, 0.29) is 12.5 Å². The molecule has 1 aliphatic heterocycles. The number of rotatable bonds is 5. The lowest BCUT2D eigenvalue weighted by molar-refractivity contribution is -0.138. The summed E-state index contributed by atoms with van der Waals surface area (Å²) in [6.45, 7) is 4.21. The molecule has 17 heavy (non-hydrogen) atoms. The first-order valence-electron chi connectivity index (χ1n) is 6.25. The second-order valence-electron chi connectivity index (χ2n) is 4.51. The average molecular weight is 253 g/mol. The summed E-state index contributed by atoms with van der Waals surface area (Å²) in [5, 5.41) is 9.05. The van der Waals surface area contributed by atoms with Gasteiger partial charge in [-0.3, -0.25) is 9.69 Å². The Kier molecular flexibility index (Phi) is 4.18. The smallest absolute Gasteiger partial charge is 0.305 e. The lowest BCUT2D eigenvalue weighted by Crippen LogP contribution is -2.27. The molecule has 2 heterocycles. The summed E-state index contributed by atoms with van der Waals surface area (Å²) < 4.78 is 0. The molecule has 94 valence electrons. The van der Waals surface area contributed by atoms with Gasteiger partial charge in [0, 0.05) is 9.75 Å². The molecule has 0 saturated carbocycles. The van der Waals surface area contributed by atoms with Gasteiger partial charge in [-0.05, 0) is 44.5 Å². The van der Waals surface area contributed by atoms with Crippen LogP contribution in [0, 0.1) is 0 Å². The lowest BCUT2D eigenvalue weighted by atomic mass is 10.1. The molecule has 4 heteroatoms. The number of thiophene rings is 1. The summed E-state index contributed by atoms with van der Waals surface area (Å²) in [5.41, 5.74) is 0. The summed E-state index contributed by atoms with van der Waals surface area (Å²) in [7, 11) is 0. The fourth-order valence-corrected chi connectivity index (χ4v) is 3.48. The molecule has 2 rings (SSSR count). The van der Waals surface area contributed by atoms with Gasteiger partial charge in [-0.15, -0.1) is 11.3 Å². The van der Waals surface area contributed by atoms with Crippen molar-refractivity contribution in [2.45, 2.75) is 38.6 Å². The van der Waals surface area contributed by atoms with Gasteiger partial charge < -0.3 is 5.11 Å². The van der Waals surface area contributed by atoms with E-state index in [1.165, 1.54) is 22.6 Å². The number of aliphatic carboxylic acids is 1. The molecular formula is C13H19NO2S. The highest BCUT2D eigenvalue weighted by atomic mass is 32.1. The van der Waals surface area contributed by atoms with Crippen LogP contribution in [-0.4, -0.2) is 29.1 Å². The normalized spacial score (nSPS) is 18.4. The van der Waals surface area contributed by atoms with E-state index in [0.29, 0.717) is 0 Å². The number of hydrogen-bond donors (Lipinski definition) is 1. The van der Waals surface area contributed by atoms with Crippen LogP contribution in [0.1, 0.15) is 42.0 Å². The van der Waals surface area contributed by atoms with Gasteiger partial charge in [0.15, 0.2) is 0 Å². The SMILES string of the molecule is CCc1ccc(C(CC(=O)O)N2CCCC2)s1. The van der Waals surface area contributed by atoms with Gasteiger partial charge in [0.25, 0.3) is 0 Å². The van der Waals surface area contributed by atoms with Crippen LogP contribution in [0.5, 0.6) is 0 Å². The van der Waals surface area contributed by atoms with Crippen molar-refractivity contribution in [2.24, 2.45) is 0 Å². The third kappa shape index (κ3) is 3.07. The Morgan fingerprint density at radius 2 is 2.18 bits per heavy atom. The van der Waals surface area contributed by atoms with Gasteiger partial charge >= 0.3 is 5.97 Å². The van der Waals surface area contributed by atoms with Crippen LogP contribution in [0.4, 0.5) is 0 Å². The third-order valence-corrected chi connectivity index (χ3v) is 4.64. The Hall–Kier alpha value is -0.870. The number of carboxylic acids is 1. The van der Waals surface area contributed by atoms with Crippen LogP contribution in [0.3, 0.4) is 0 Å².